The molecule has 0 radical (unpaired) electrons. The first-order valence-electron chi connectivity index (χ1n) is 12.0. The van der Waals surface area contributed by atoms with Gasteiger partial charge in [0.15, 0.2) is 0 Å². The minimum Gasteiger partial charge on any atom is -0.344 e. The number of nitrogens with zero attached hydrogens (tertiary/aromatic N) is 1. The second-order valence-corrected chi connectivity index (χ2v) is 9.92. The molecule has 0 heterocycles. The summed E-state index contributed by atoms with van der Waals surface area (Å²) < 4.78 is 0. The van der Waals surface area contributed by atoms with Crippen LogP contribution in [0.5, 0.6) is 0 Å². The van der Waals surface area contributed by atoms with Gasteiger partial charge >= 0.3 is 0 Å². The molecule has 1 heteroatoms. The fourth-order valence-corrected chi connectivity index (χ4v) is 5.65. The number of anilines is 2. The second-order valence-electron chi connectivity index (χ2n) is 9.92. The summed E-state index contributed by atoms with van der Waals surface area (Å²) in [5, 5.41) is 0. The molecule has 0 aromatic heterocycles. The Hall–Kier alpha value is -3.06. The summed E-state index contributed by atoms with van der Waals surface area (Å²) in [4.78, 5) is 2.35. The van der Waals surface area contributed by atoms with E-state index in [1.165, 1.54) is 82.4 Å². The molecule has 0 amide bonds. The van der Waals surface area contributed by atoms with Crippen LogP contribution >= 0.6 is 0 Å². The molecular weight excluding hydrogens is 386 g/mol. The first-order chi connectivity index (χ1) is 15.6. The van der Waals surface area contributed by atoms with Crippen molar-refractivity contribution in [2.24, 2.45) is 5.92 Å². The Morgan fingerprint density at radius 2 is 1.59 bits per heavy atom. The van der Waals surface area contributed by atoms with E-state index < -0.39 is 0 Å². The Labute approximate surface area is 192 Å². The molecule has 3 aromatic carbocycles. The summed E-state index contributed by atoms with van der Waals surface area (Å²) in [5.41, 5.74) is 15.7. The molecule has 3 aliphatic rings. The molecule has 3 aromatic rings. The zero-order valence-electron chi connectivity index (χ0n) is 19.4. The van der Waals surface area contributed by atoms with Gasteiger partial charge in [-0.1, -0.05) is 47.6 Å². The average Bonchev–Trinajstić information content (AvgIpc) is 2.78. The Kier molecular flexibility index (Phi) is 4.61. The van der Waals surface area contributed by atoms with Crippen LogP contribution in [0.4, 0.5) is 11.4 Å². The van der Waals surface area contributed by atoms with Gasteiger partial charge in [0.2, 0.25) is 0 Å². The number of para-hydroxylation sites is 1. The maximum Gasteiger partial charge on any atom is 0.0490 e. The maximum atomic E-state index is 2.51. The van der Waals surface area contributed by atoms with Gasteiger partial charge in [-0.3, -0.25) is 0 Å². The highest BCUT2D eigenvalue weighted by atomic mass is 15.1. The number of allylic oxidation sites excluding steroid dienone is 4. The first kappa shape index (κ1) is 19.6. The predicted molar refractivity (Wildman–Crippen MR) is 137 cm³/mol. The predicted octanol–water partition coefficient (Wildman–Crippen LogP) is 8.04. The molecule has 32 heavy (non-hydrogen) atoms. The van der Waals surface area contributed by atoms with Gasteiger partial charge in [-0.25, -0.2) is 0 Å². The lowest BCUT2D eigenvalue weighted by molar-refractivity contribution is 0.435. The summed E-state index contributed by atoms with van der Waals surface area (Å²) in [7, 11) is 2.20. The van der Waals surface area contributed by atoms with Crippen molar-refractivity contribution >= 4 is 16.9 Å². The van der Waals surface area contributed by atoms with Crippen molar-refractivity contribution in [3.63, 3.8) is 0 Å². The largest absolute Gasteiger partial charge is 0.344 e. The van der Waals surface area contributed by atoms with Crippen LogP contribution in [0.15, 0.2) is 77.9 Å². The van der Waals surface area contributed by atoms with Crippen LogP contribution < -0.4 is 4.90 Å². The number of benzene rings is 3. The lowest BCUT2D eigenvalue weighted by atomic mass is 9.70. The summed E-state index contributed by atoms with van der Waals surface area (Å²) in [6.07, 6.45) is 8.82. The number of rotatable bonds is 4. The van der Waals surface area contributed by atoms with Gasteiger partial charge in [0.25, 0.3) is 0 Å². The van der Waals surface area contributed by atoms with Gasteiger partial charge in [-0.15, -0.1) is 0 Å². The van der Waals surface area contributed by atoms with Gasteiger partial charge in [-0.2, -0.15) is 0 Å². The van der Waals surface area contributed by atoms with Crippen LogP contribution in [0.25, 0.3) is 16.7 Å². The molecule has 0 saturated heterocycles. The van der Waals surface area contributed by atoms with Crippen molar-refractivity contribution in [2.75, 3.05) is 11.9 Å². The standard InChI is InChI=1S/C31H31N/c1-20-9-10-26(18-28(20)29-16-23-12-11-22(23)15-21(29)2)30-17-24-13-14-25(24)19-31(30)32(3)27-7-5-4-6-8-27/h4-10,16-19,22H,11-15H2,1-3H3. The van der Waals surface area contributed by atoms with Crippen molar-refractivity contribution in [1.82, 2.24) is 0 Å². The monoisotopic (exact) mass is 417 g/mol. The Balaban J connectivity index is 1.48. The van der Waals surface area contributed by atoms with E-state index in [0.29, 0.717) is 0 Å². The minimum absolute atomic E-state index is 0.821. The molecule has 0 aliphatic heterocycles. The number of fused-ring (bicyclic) bond motifs is 2. The van der Waals surface area contributed by atoms with Crippen LogP contribution in [0.1, 0.15) is 48.4 Å². The smallest absolute Gasteiger partial charge is 0.0490 e. The fraction of sp³-hybridized carbons (Fsp3) is 0.290. The van der Waals surface area contributed by atoms with Gasteiger partial charge in [0, 0.05) is 24.0 Å². The topological polar surface area (TPSA) is 3.24 Å². The van der Waals surface area contributed by atoms with E-state index in [9.17, 15) is 0 Å². The van der Waals surface area contributed by atoms with E-state index in [4.69, 9.17) is 0 Å². The molecule has 1 atom stereocenters. The van der Waals surface area contributed by atoms with Crippen LogP contribution in [-0.4, -0.2) is 7.05 Å². The summed E-state index contributed by atoms with van der Waals surface area (Å²) in [6, 6.07) is 22.7. The summed E-state index contributed by atoms with van der Waals surface area (Å²) in [5.74, 6) is 0.821. The van der Waals surface area contributed by atoms with Gasteiger partial charge in [-0.05, 0) is 116 Å². The fourth-order valence-electron chi connectivity index (χ4n) is 5.65. The molecule has 6 rings (SSSR count). The number of hydrogen-bond donors (Lipinski definition) is 0. The maximum absolute atomic E-state index is 2.51. The zero-order chi connectivity index (χ0) is 21.8. The summed E-state index contributed by atoms with van der Waals surface area (Å²) >= 11 is 0. The van der Waals surface area contributed by atoms with Gasteiger partial charge < -0.3 is 4.90 Å². The van der Waals surface area contributed by atoms with Crippen molar-refractivity contribution in [3.8, 4) is 11.1 Å². The number of hydrogen-bond acceptors (Lipinski definition) is 1. The lowest BCUT2D eigenvalue weighted by Gasteiger charge is -2.35. The van der Waals surface area contributed by atoms with E-state index in [2.05, 4.69) is 92.5 Å². The third-order valence-electron chi connectivity index (χ3n) is 7.97. The van der Waals surface area contributed by atoms with Gasteiger partial charge in [0.05, 0.1) is 0 Å². The van der Waals surface area contributed by atoms with Crippen molar-refractivity contribution in [1.29, 1.82) is 0 Å². The SMILES string of the molecule is CC1=C(c2cc(-c3cc4c(cc3N(C)c3ccccc3)CC4)ccc2C)C=C2CCC2C1. The highest BCUT2D eigenvalue weighted by molar-refractivity contribution is 5.88. The first-order valence-corrected chi connectivity index (χ1v) is 12.0. The van der Waals surface area contributed by atoms with Gasteiger partial charge in [0.1, 0.15) is 0 Å². The number of aryl methyl sites for hydroxylation is 3. The quantitative estimate of drug-likeness (QED) is 0.415. The highest BCUT2D eigenvalue weighted by Crippen LogP contribution is 2.46. The molecule has 1 saturated carbocycles. The van der Waals surface area contributed by atoms with Crippen LogP contribution in [0.3, 0.4) is 0 Å². The molecule has 160 valence electrons. The molecule has 1 nitrogen and oxygen atoms in total. The second kappa shape index (κ2) is 7.52. The Morgan fingerprint density at radius 1 is 0.812 bits per heavy atom. The van der Waals surface area contributed by atoms with E-state index in [1.54, 1.807) is 11.1 Å². The summed E-state index contributed by atoms with van der Waals surface area (Å²) in [6.45, 7) is 4.60. The van der Waals surface area contributed by atoms with E-state index in [1.807, 2.05) is 0 Å². The molecule has 0 N–H and O–H groups in total. The van der Waals surface area contributed by atoms with Crippen LogP contribution in [0.2, 0.25) is 0 Å². The van der Waals surface area contributed by atoms with E-state index >= 15 is 0 Å². The normalized spacial score (nSPS) is 18.8. The van der Waals surface area contributed by atoms with Crippen LogP contribution in [-0.2, 0) is 12.8 Å². The van der Waals surface area contributed by atoms with Crippen molar-refractivity contribution in [3.05, 3.63) is 100 Å². The highest BCUT2D eigenvalue weighted by Gasteiger charge is 2.29. The van der Waals surface area contributed by atoms with E-state index in [-0.39, 0.29) is 0 Å². The van der Waals surface area contributed by atoms with Crippen LogP contribution in [0, 0.1) is 12.8 Å². The molecule has 1 unspecified atom stereocenters. The lowest BCUT2D eigenvalue weighted by Crippen LogP contribution is -2.19. The molecule has 0 spiro atoms. The minimum atomic E-state index is 0.821. The average molecular weight is 418 g/mol. The molecule has 3 aliphatic carbocycles. The van der Waals surface area contributed by atoms with Crippen molar-refractivity contribution in [2.45, 2.75) is 46.0 Å². The van der Waals surface area contributed by atoms with Crippen molar-refractivity contribution < 1.29 is 0 Å². The third kappa shape index (κ3) is 3.14. The third-order valence-corrected chi connectivity index (χ3v) is 7.97. The molecule has 0 bridgehead atoms. The zero-order valence-corrected chi connectivity index (χ0v) is 19.4. The Morgan fingerprint density at radius 3 is 2.31 bits per heavy atom. The Bertz CT molecular complexity index is 1280. The molecule has 1 fully saturated rings. The van der Waals surface area contributed by atoms with E-state index in [0.717, 1.165) is 5.92 Å². The molecular formula is C31H31N.